The average molecular weight is 391 g/mol. The first-order valence-corrected chi connectivity index (χ1v) is 8.81. The van der Waals surface area contributed by atoms with Gasteiger partial charge in [-0.3, -0.25) is 14.9 Å². The number of hydrogen-bond acceptors (Lipinski definition) is 5. The molecule has 1 amide bonds. The van der Waals surface area contributed by atoms with Crippen LogP contribution in [-0.4, -0.2) is 36.5 Å². The molecular weight excluding hydrogens is 372 g/mol. The van der Waals surface area contributed by atoms with Gasteiger partial charge in [-0.05, 0) is 42.7 Å². The highest BCUT2D eigenvalue weighted by atomic mass is 35.5. The molecule has 1 aliphatic rings. The van der Waals surface area contributed by atoms with Crippen LogP contribution in [-0.2, 0) is 0 Å². The molecule has 0 aliphatic carbocycles. The van der Waals surface area contributed by atoms with Gasteiger partial charge in [-0.2, -0.15) is 0 Å². The molecule has 1 heterocycles. The standard InChI is InChI=1S/C19H19ClN2O5/c1-26-17-8-5-12(10-18(17)27-2)15-4-3-9-21(15)19(23)14-7-6-13(20)11-16(14)22(24)25/h5-8,10-11,15H,3-4,9H2,1-2H3. The Hall–Kier alpha value is -2.80. The van der Waals surface area contributed by atoms with Gasteiger partial charge in [0.05, 0.1) is 25.2 Å². The van der Waals surface area contributed by atoms with Gasteiger partial charge in [0.1, 0.15) is 5.56 Å². The van der Waals surface area contributed by atoms with Crippen LogP contribution < -0.4 is 9.47 Å². The van der Waals surface area contributed by atoms with Crippen LogP contribution in [0.4, 0.5) is 5.69 Å². The summed E-state index contributed by atoms with van der Waals surface area (Å²) < 4.78 is 10.6. The van der Waals surface area contributed by atoms with Gasteiger partial charge in [-0.1, -0.05) is 17.7 Å². The maximum absolute atomic E-state index is 13.1. The number of nitro benzene ring substituents is 1. The summed E-state index contributed by atoms with van der Waals surface area (Å²) in [7, 11) is 3.11. The number of halogens is 1. The maximum Gasteiger partial charge on any atom is 0.283 e. The number of hydrogen-bond donors (Lipinski definition) is 0. The minimum absolute atomic E-state index is 0.0387. The topological polar surface area (TPSA) is 81.9 Å². The van der Waals surface area contributed by atoms with Crippen LogP contribution >= 0.6 is 11.6 Å². The van der Waals surface area contributed by atoms with Gasteiger partial charge in [0, 0.05) is 17.6 Å². The van der Waals surface area contributed by atoms with Crippen LogP contribution in [0, 0.1) is 10.1 Å². The lowest BCUT2D eigenvalue weighted by Crippen LogP contribution is -2.31. The van der Waals surface area contributed by atoms with E-state index in [-0.39, 0.29) is 28.2 Å². The highest BCUT2D eigenvalue weighted by molar-refractivity contribution is 6.31. The highest BCUT2D eigenvalue weighted by Gasteiger charge is 2.34. The Balaban J connectivity index is 1.95. The van der Waals surface area contributed by atoms with Gasteiger partial charge in [0.15, 0.2) is 11.5 Å². The van der Waals surface area contributed by atoms with E-state index >= 15 is 0 Å². The first-order chi connectivity index (χ1) is 13.0. The summed E-state index contributed by atoms with van der Waals surface area (Å²) in [6, 6.07) is 9.43. The van der Waals surface area contributed by atoms with Crippen molar-refractivity contribution in [3.05, 3.63) is 62.7 Å². The van der Waals surface area contributed by atoms with Gasteiger partial charge in [0.2, 0.25) is 0 Å². The average Bonchev–Trinajstić information content (AvgIpc) is 3.16. The van der Waals surface area contributed by atoms with Crippen LogP contribution in [0.1, 0.15) is 34.8 Å². The number of carbonyl (C=O) groups excluding carboxylic acids is 1. The number of nitrogens with zero attached hydrogens (tertiary/aromatic N) is 2. The van der Waals surface area contributed by atoms with Gasteiger partial charge < -0.3 is 14.4 Å². The van der Waals surface area contributed by atoms with Crippen molar-refractivity contribution in [2.75, 3.05) is 20.8 Å². The Labute approximate surface area is 161 Å². The Kier molecular flexibility index (Phi) is 5.51. The van der Waals surface area contributed by atoms with E-state index in [1.54, 1.807) is 25.2 Å². The first kappa shape index (κ1) is 19.0. The molecule has 8 heteroatoms. The van der Waals surface area contributed by atoms with Crippen molar-refractivity contribution in [2.45, 2.75) is 18.9 Å². The van der Waals surface area contributed by atoms with Crippen molar-refractivity contribution in [3.8, 4) is 11.5 Å². The molecule has 27 heavy (non-hydrogen) atoms. The van der Waals surface area contributed by atoms with E-state index in [0.717, 1.165) is 18.4 Å². The number of amides is 1. The molecule has 3 rings (SSSR count). The third-order valence-corrected chi connectivity index (χ3v) is 4.93. The van der Waals surface area contributed by atoms with E-state index in [1.165, 1.54) is 18.2 Å². The second kappa shape index (κ2) is 7.84. The van der Waals surface area contributed by atoms with Gasteiger partial charge in [-0.25, -0.2) is 0 Å². The van der Waals surface area contributed by atoms with Gasteiger partial charge >= 0.3 is 0 Å². The largest absolute Gasteiger partial charge is 0.493 e. The van der Waals surface area contributed by atoms with Crippen LogP contribution in [0.25, 0.3) is 0 Å². The molecular formula is C19H19ClN2O5. The molecule has 0 aromatic heterocycles. The molecule has 1 fully saturated rings. The van der Waals surface area contributed by atoms with Gasteiger partial charge in [0.25, 0.3) is 11.6 Å². The molecule has 1 saturated heterocycles. The molecule has 2 aromatic carbocycles. The van der Waals surface area contributed by atoms with Crippen LogP contribution in [0.15, 0.2) is 36.4 Å². The zero-order chi connectivity index (χ0) is 19.6. The Bertz CT molecular complexity index is 886. The van der Waals surface area contributed by atoms with Crippen molar-refractivity contribution in [2.24, 2.45) is 0 Å². The number of nitro groups is 1. The fourth-order valence-electron chi connectivity index (χ4n) is 3.41. The minimum atomic E-state index is -0.583. The Morgan fingerprint density at radius 1 is 1.19 bits per heavy atom. The molecule has 1 atom stereocenters. The number of benzene rings is 2. The van der Waals surface area contributed by atoms with E-state index in [2.05, 4.69) is 0 Å². The Morgan fingerprint density at radius 3 is 2.59 bits per heavy atom. The van der Waals surface area contributed by atoms with E-state index < -0.39 is 4.92 Å². The molecule has 1 unspecified atom stereocenters. The highest BCUT2D eigenvalue weighted by Crippen LogP contribution is 2.38. The summed E-state index contributed by atoms with van der Waals surface area (Å²) in [5, 5.41) is 11.6. The fourth-order valence-corrected chi connectivity index (χ4v) is 3.57. The first-order valence-electron chi connectivity index (χ1n) is 8.43. The van der Waals surface area contributed by atoms with Crippen LogP contribution in [0.3, 0.4) is 0 Å². The third kappa shape index (κ3) is 3.68. The smallest absolute Gasteiger partial charge is 0.283 e. The zero-order valence-corrected chi connectivity index (χ0v) is 15.7. The quantitative estimate of drug-likeness (QED) is 0.563. The van der Waals surface area contributed by atoms with Crippen LogP contribution in [0.2, 0.25) is 5.02 Å². The number of carbonyl (C=O) groups is 1. The van der Waals surface area contributed by atoms with Crippen molar-refractivity contribution >= 4 is 23.2 Å². The number of likely N-dealkylation sites (tertiary alicyclic amines) is 1. The van der Waals surface area contributed by atoms with Crippen molar-refractivity contribution in [3.63, 3.8) is 0 Å². The number of methoxy groups -OCH3 is 2. The van der Waals surface area contributed by atoms with E-state index in [4.69, 9.17) is 21.1 Å². The van der Waals surface area contributed by atoms with Crippen molar-refractivity contribution in [1.82, 2.24) is 4.90 Å². The molecule has 0 saturated carbocycles. The summed E-state index contributed by atoms with van der Waals surface area (Å²) in [6.07, 6.45) is 1.58. The lowest BCUT2D eigenvalue weighted by atomic mass is 10.0. The second-order valence-corrected chi connectivity index (χ2v) is 6.63. The summed E-state index contributed by atoms with van der Waals surface area (Å²) in [4.78, 5) is 25.5. The Morgan fingerprint density at radius 2 is 1.93 bits per heavy atom. The molecule has 0 N–H and O–H groups in total. The molecule has 142 valence electrons. The van der Waals surface area contributed by atoms with E-state index in [0.29, 0.717) is 18.0 Å². The molecule has 0 bridgehead atoms. The van der Waals surface area contributed by atoms with E-state index in [9.17, 15) is 14.9 Å². The lowest BCUT2D eigenvalue weighted by Gasteiger charge is -2.25. The summed E-state index contributed by atoms with van der Waals surface area (Å²) in [5.41, 5.74) is 0.650. The third-order valence-electron chi connectivity index (χ3n) is 4.69. The summed E-state index contributed by atoms with van der Waals surface area (Å²) in [6.45, 7) is 0.525. The second-order valence-electron chi connectivity index (χ2n) is 6.19. The SMILES string of the molecule is COc1ccc(C2CCCN2C(=O)c2ccc(Cl)cc2[N+](=O)[O-])cc1OC. The normalized spacial score (nSPS) is 16.3. The molecule has 1 aliphatic heterocycles. The van der Waals surface area contributed by atoms with E-state index in [1.807, 2.05) is 12.1 Å². The van der Waals surface area contributed by atoms with Gasteiger partial charge in [-0.15, -0.1) is 0 Å². The molecule has 0 radical (unpaired) electrons. The zero-order valence-electron chi connectivity index (χ0n) is 15.0. The predicted octanol–water partition coefficient (Wildman–Crippen LogP) is 4.24. The fraction of sp³-hybridized carbons (Fsp3) is 0.316. The minimum Gasteiger partial charge on any atom is -0.493 e. The number of rotatable bonds is 5. The summed E-state index contributed by atoms with van der Waals surface area (Å²) >= 11 is 5.86. The molecule has 7 nitrogen and oxygen atoms in total. The predicted molar refractivity (Wildman–Crippen MR) is 101 cm³/mol. The molecule has 0 spiro atoms. The monoisotopic (exact) mass is 390 g/mol. The maximum atomic E-state index is 13.1. The van der Waals surface area contributed by atoms with Crippen molar-refractivity contribution < 1.29 is 19.2 Å². The molecule has 2 aromatic rings. The number of ether oxygens (including phenoxy) is 2. The van der Waals surface area contributed by atoms with Crippen LogP contribution in [0.5, 0.6) is 11.5 Å². The lowest BCUT2D eigenvalue weighted by molar-refractivity contribution is -0.385. The van der Waals surface area contributed by atoms with Crippen molar-refractivity contribution in [1.29, 1.82) is 0 Å². The summed E-state index contributed by atoms with van der Waals surface area (Å²) in [5.74, 6) is 0.799.